The van der Waals surface area contributed by atoms with Crippen LogP contribution in [0.15, 0.2) is 42.5 Å². The van der Waals surface area contributed by atoms with Crippen molar-refractivity contribution in [3.05, 3.63) is 59.2 Å². The average molecular weight is 432 g/mol. The van der Waals surface area contributed by atoms with Gasteiger partial charge in [0.25, 0.3) is 11.8 Å². The predicted octanol–water partition coefficient (Wildman–Crippen LogP) is 2.04. The largest absolute Gasteiger partial charge is 0.490 e. The number of aryl methyl sites for hydroxylation is 2. The van der Waals surface area contributed by atoms with Gasteiger partial charge < -0.3 is 14.2 Å². The van der Waals surface area contributed by atoms with E-state index in [1.807, 2.05) is 32.0 Å². The fourth-order valence-corrected chi connectivity index (χ4v) is 2.63. The summed E-state index contributed by atoms with van der Waals surface area (Å²) < 4.78 is 16.0. The first kappa shape index (κ1) is 23.1. The normalized spacial score (nSPS) is 10.1. The Labute approximate surface area is 180 Å². The van der Waals surface area contributed by atoms with Crippen molar-refractivity contribution in [1.29, 1.82) is 0 Å². The highest BCUT2D eigenvalue weighted by Crippen LogP contribution is 2.19. The van der Waals surface area contributed by atoms with E-state index in [1.54, 1.807) is 31.4 Å². The van der Waals surface area contributed by atoms with Crippen molar-refractivity contribution in [2.24, 2.45) is 0 Å². The average Bonchev–Trinajstić information content (AvgIpc) is 2.72. The van der Waals surface area contributed by atoms with Crippen molar-refractivity contribution in [2.75, 3.05) is 26.9 Å². The predicted molar refractivity (Wildman–Crippen MR) is 117 cm³/mol. The number of nitrogens with one attached hydrogen (secondary N) is 3. The molecule has 0 spiro atoms. The van der Waals surface area contributed by atoms with Crippen molar-refractivity contribution in [1.82, 2.24) is 16.2 Å². The molecule has 0 aliphatic carbocycles. The van der Waals surface area contributed by atoms with Gasteiger partial charge in [0, 0.05) is 7.11 Å². The van der Waals surface area contributed by atoms with Crippen molar-refractivity contribution in [3.8, 4) is 11.5 Å². The van der Waals surface area contributed by atoms with E-state index >= 15 is 0 Å². The zero-order valence-electron chi connectivity index (χ0n) is 17.1. The third kappa shape index (κ3) is 7.34. The number of ether oxygens (including phenoxy) is 3. The van der Waals surface area contributed by atoms with Crippen LogP contribution < -0.4 is 25.6 Å². The van der Waals surface area contributed by atoms with E-state index in [1.165, 1.54) is 0 Å². The minimum atomic E-state index is -0.471. The summed E-state index contributed by atoms with van der Waals surface area (Å²) in [4.78, 5) is 24.4. The third-order valence-corrected chi connectivity index (χ3v) is 4.11. The fourth-order valence-electron chi connectivity index (χ4n) is 2.48. The second-order valence-corrected chi connectivity index (χ2v) is 6.76. The van der Waals surface area contributed by atoms with Crippen LogP contribution >= 0.6 is 12.2 Å². The molecule has 2 aromatic carbocycles. The molecular weight excluding hydrogens is 406 g/mol. The number of para-hydroxylation sites is 1. The highest BCUT2D eigenvalue weighted by atomic mass is 32.1. The summed E-state index contributed by atoms with van der Waals surface area (Å²) in [7, 11) is 1.56. The number of benzene rings is 2. The molecule has 0 aliphatic heterocycles. The van der Waals surface area contributed by atoms with Gasteiger partial charge in [-0.2, -0.15) is 0 Å². The fraction of sp³-hybridized carbons (Fsp3) is 0.286. The van der Waals surface area contributed by atoms with Crippen molar-refractivity contribution < 1.29 is 23.8 Å². The van der Waals surface area contributed by atoms with E-state index in [0.717, 1.165) is 11.1 Å². The zero-order valence-corrected chi connectivity index (χ0v) is 17.9. The Morgan fingerprint density at radius 1 is 0.967 bits per heavy atom. The van der Waals surface area contributed by atoms with Crippen molar-refractivity contribution in [2.45, 2.75) is 13.8 Å². The molecule has 30 heavy (non-hydrogen) atoms. The topological polar surface area (TPSA) is 97.9 Å². The quantitative estimate of drug-likeness (QED) is 0.334. The minimum absolute atomic E-state index is 0.0634. The third-order valence-electron chi connectivity index (χ3n) is 3.91. The van der Waals surface area contributed by atoms with Gasteiger partial charge in [0.2, 0.25) is 0 Å². The van der Waals surface area contributed by atoms with Gasteiger partial charge in [0.15, 0.2) is 11.7 Å². The lowest BCUT2D eigenvalue weighted by molar-refractivity contribution is -0.123. The number of rotatable bonds is 8. The lowest BCUT2D eigenvalue weighted by atomic mass is 10.1. The Morgan fingerprint density at radius 3 is 2.47 bits per heavy atom. The van der Waals surface area contributed by atoms with Gasteiger partial charge in [-0.25, -0.2) is 0 Å². The van der Waals surface area contributed by atoms with Gasteiger partial charge >= 0.3 is 0 Å². The van der Waals surface area contributed by atoms with Crippen LogP contribution in [0.5, 0.6) is 11.5 Å². The van der Waals surface area contributed by atoms with Crippen LogP contribution in [-0.2, 0) is 9.53 Å². The maximum absolute atomic E-state index is 12.4. The van der Waals surface area contributed by atoms with Crippen LogP contribution in [0.1, 0.15) is 21.5 Å². The number of amides is 2. The SMILES string of the molecule is COCCOc1ccccc1C(=O)NC(=S)NNC(=O)COc1ccc(C)cc1C. The summed E-state index contributed by atoms with van der Waals surface area (Å²) in [6.07, 6.45) is 0. The number of thiocarbonyl (C=S) groups is 1. The summed E-state index contributed by atoms with van der Waals surface area (Å²) in [5, 5.41) is 2.42. The maximum Gasteiger partial charge on any atom is 0.276 e. The lowest BCUT2D eigenvalue weighted by Gasteiger charge is -2.14. The molecule has 8 nitrogen and oxygen atoms in total. The van der Waals surface area contributed by atoms with Gasteiger partial charge in [-0.05, 0) is 49.8 Å². The number of hydrogen-bond donors (Lipinski definition) is 3. The monoisotopic (exact) mass is 431 g/mol. The molecule has 0 saturated heterocycles. The van der Waals surface area contributed by atoms with E-state index < -0.39 is 11.8 Å². The molecular formula is C21H25N3O5S. The Balaban J connectivity index is 1.80. The molecule has 2 rings (SSSR count). The first-order valence-electron chi connectivity index (χ1n) is 9.21. The Bertz CT molecular complexity index is 904. The van der Waals surface area contributed by atoms with Crippen LogP contribution in [0.3, 0.4) is 0 Å². The van der Waals surface area contributed by atoms with Gasteiger partial charge in [0.05, 0.1) is 12.2 Å². The number of methoxy groups -OCH3 is 1. The van der Waals surface area contributed by atoms with Crippen LogP contribution in [0.25, 0.3) is 0 Å². The highest BCUT2D eigenvalue weighted by Gasteiger charge is 2.14. The molecule has 0 aliphatic rings. The lowest BCUT2D eigenvalue weighted by Crippen LogP contribution is -2.49. The smallest absolute Gasteiger partial charge is 0.276 e. The Morgan fingerprint density at radius 2 is 1.73 bits per heavy atom. The molecule has 9 heteroatoms. The molecule has 0 radical (unpaired) electrons. The molecule has 0 bridgehead atoms. The Hall–Kier alpha value is -3.17. The molecule has 0 atom stereocenters. The first-order chi connectivity index (χ1) is 14.4. The second kappa shape index (κ2) is 11.7. The zero-order chi connectivity index (χ0) is 21.9. The molecule has 0 unspecified atom stereocenters. The van der Waals surface area contributed by atoms with Crippen LogP contribution in [0, 0.1) is 13.8 Å². The summed E-state index contributed by atoms with van der Waals surface area (Å²) in [5.74, 6) is 0.105. The summed E-state index contributed by atoms with van der Waals surface area (Å²) >= 11 is 5.05. The standard InChI is InChI=1S/C21H25N3O5S/c1-14-8-9-17(15(2)12-14)29-13-19(25)23-24-21(30)22-20(26)16-6-4-5-7-18(16)28-11-10-27-3/h4-9,12H,10-11,13H2,1-3H3,(H,23,25)(H2,22,24,26,30). The number of carbonyl (C=O) groups is 2. The minimum Gasteiger partial charge on any atom is -0.490 e. The van der Waals surface area contributed by atoms with E-state index in [9.17, 15) is 9.59 Å². The van der Waals surface area contributed by atoms with Gasteiger partial charge in [-0.1, -0.05) is 29.8 Å². The van der Waals surface area contributed by atoms with Crippen LogP contribution in [0.4, 0.5) is 0 Å². The van der Waals surface area contributed by atoms with Gasteiger partial charge in [-0.3, -0.25) is 25.8 Å². The summed E-state index contributed by atoms with van der Waals surface area (Å²) in [5.41, 5.74) is 7.20. The molecule has 0 saturated carbocycles. The summed E-state index contributed by atoms with van der Waals surface area (Å²) in [6.45, 7) is 4.38. The first-order valence-corrected chi connectivity index (χ1v) is 9.62. The molecule has 3 N–H and O–H groups in total. The highest BCUT2D eigenvalue weighted by molar-refractivity contribution is 7.80. The molecule has 2 aromatic rings. The molecule has 2 amide bonds. The maximum atomic E-state index is 12.4. The number of hydrogen-bond acceptors (Lipinski definition) is 6. The molecule has 160 valence electrons. The van der Waals surface area contributed by atoms with Crippen molar-refractivity contribution >= 4 is 29.1 Å². The van der Waals surface area contributed by atoms with Gasteiger partial charge in [-0.15, -0.1) is 0 Å². The molecule has 0 aromatic heterocycles. The number of carbonyl (C=O) groups excluding carboxylic acids is 2. The van der Waals surface area contributed by atoms with E-state index in [4.69, 9.17) is 26.4 Å². The molecule has 0 heterocycles. The van der Waals surface area contributed by atoms with E-state index in [-0.39, 0.29) is 11.7 Å². The number of hydrazine groups is 1. The second-order valence-electron chi connectivity index (χ2n) is 6.35. The van der Waals surface area contributed by atoms with Crippen LogP contribution in [0.2, 0.25) is 0 Å². The van der Waals surface area contributed by atoms with Gasteiger partial charge in [0.1, 0.15) is 18.1 Å². The molecule has 0 fully saturated rings. The van der Waals surface area contributed by atoms with E-state index in [2.05, 4.69) is 16.2 Å². The van der Waals surface area contributed by atoms with Crippen molar-refractivity contribution in [3.63, 3.8) is 0 Å². The Kier molecular flexibility index (Phi) is 9.04. The van der Waals surface area contributed by atoms with E-state index in [0.29, 0.717) is 30.3 Å². The summed E-state index contributed by atoms with van der Waals surface area (Å²) in [6, 6.07) is 12.4. The van der Waals surface area contributed by atoms with Crippen LogP contribution in [-0.4, -0.2) is 43.9 Å².